The third kappa shape index (κ3) is 4.51. The molecule has 0 unspecified atom stereocenters. The standard InChI is InChI=1S/C17H28N2S/c1-14(2)4-9-17(19-12-10-18-11-13-19)15-5-7-16(20-3)8-6-15/h5-8,14,17-18H,4,9-13H2,1-3H3/t17-/m0/s1. The Morgan fingerprint density at radius 2 is 1.75 bits per heavy atom. The van der Waals surface area contributed by atoms with Crippen molar-refractivity contribution in [3.8, 4) is 0 Å². The van der Waals surface area contributed by atoms with E-state index in [-0.39, 0.29) is 0 Å². The minimum atomic E-state index is 0.593. The van der Waals surface area contributed by atoms with Crippen LogP contribution in [-0.2, 0) is 0 Å². The van der Waals surface area contributed by atoms with Crippen LogP contribution in [0.3, 0.4) is 0 Å². The third-order valence-corrected chi connectivity index (χ3v) is 4.85. The summed E-state index contributed by atoms with van der Waals surface area (Å²) in [6.45, 7) is 9.25. The van der Waals surface area contributed by atoms with Crippen LogP contribution in [0.2, 0.25) is 0 Å². The summed E-state index contributed by atoms with van der Waals surface area (Å²) in [7, 11) is 0. The second kappa shape index (κ2) is 8.06. The number of hydrogen-bond acceptors (Lipinski definition) is 3. The van der Waals surface area contributed by atoms with Gasteiger partial charge in [-0.15, -0.1) is 11.8 Å². The quantitative estimate of drug-likeness (QED) is 0.803. The van der Waals surface area contributed by atoms with Crippen molar-refractivity contribution in [1.82, 2.24) is 10.2 Å². The van der Waals surface area contributed by atoms with Gasteiger partial charge in [0.25, 0.3) is 0 Å². The maximum absolute atomic E-state index is 3.46. The van der Waals surface area contributed by atoms with Crippen molar-refractivity contribution in [3.05, 3.63) is 29.8 Å². The first-order valence-electron chi connectivity index (χ1n) is 7.79. The van der Waals surface area contributed by atoms with Crippen LogP contribution in [0.4, 0.5) is 0 Å². The lowest BCUT2D eigenvalue weighted by Crippen LogP contribution is -2.45. The molecule has 0 amide bonds. The molecule has 1 aliphatic heterocycles. The van der Waals surface area contributed by atoms with E-state index in [0.29, 0.717) is 6.04 Å². The average Bonchev–Trinajstić information content (AvgIpc) is 2.49. The molecular formula is C17H28N2S. The van der Waals surface area contributed by atoms with E-state index in [4.69, 9.17) is 0 Å². The highest BCUT2D eigenvalue weighted by Crippen LogP contribution is 2.29. The lowest BCUT2D eigenvalue weighted by atomic mass is 9.96. The summed E-state index contributed by atoms with van der Waals surface area (Å²) in [5.74, 6) is 0.783. The number of thioether (sulfide) groups is 1. The lowest BCUT2D eigenvalue weighted by Gasteiger charge is -2.35. The van der Waals surface area contributed by atoms with Crippen molar-refractivity contribution in [2.75, 3.05) is 32.4 Å². The highest BCUT2D eigenvalue weighted by Gasteiger charge is 2.22. The maximum atomic E-state index is 3.46. The topological polar surface area (TPSA) is 15.3 Å². The Kier molecular flexibility index (Phi) is 6.40. The number of nitrogens with zero attached hydrogens (tertiary/aromatic N) is 1. The van der Waals surface area contributed by atoms with Crippen molar-refractivity contribution in [3.63, 3.8) is 0 Å². The van der Waals surface area contributed by atoms with Gasteiger partial charge in [0.05, 0.1) is 0 Å². The zero-order chi connectivity index (χ0) is 14.4. The number of hydrogen-bond donors (Lipinski definition) is 1. The van der Waals surface area contributed by atoms with Crippen LogP contribution in [0.5, 0.6) is 0 Å². The van der Waals surface area contributed by atoms with Gasteiger partial charge < -0.3 is 5.32 Å². The van der Waals surface area contributed by atoms with Crippen LogP contribution in [0.1, 0.15) is 38.3 Å². The summed E-state index contributed by atoms with van der Waals surface area (Å²) in [4.78, 5) is 4.02. The molecule has 1 atom stereocenters. The Morgan fingerprint density at radius 3 is 2.30 bits per heavy atom. The fourth-order valence-corrected chi connectivity index (χ4v) is 3.28. The zero-order valence-electron chi connectivity index (χ0n) is 13.1. The first-order chi connectivity index (χ1) is 9.70. The van der Waals surface area contributed by atoms with E-state index >= 15 is 0 Å². The SMILES string of the molecule is CSc1ccc([C@H](CCC(C)C)N2CCNCC2)cc1. The van der Waals surface area contributed by atoms with E-state index < -0.39 is 0 Å². The Hall–Kier alpha value is -0.510. The van der Waals surface area contributed by atoms with Crippen molar-refractivity contribution in [2.45, 2.75) is 37.6 Å². The first kappa shape index (κ1) is 15.9. The Bertz CT molecular complexity index is 382. The third-order valence-electron chi connectivity index (χ3n) is 4.11. The van der Waals surface area contributed by atoms with Gasteiger partial charge in [-0.1, -0.05) is 26.0 Å². The molecule has 0 aromatic heterocycles. The molecule has 1 N–H and O–H groups in total. The van der Waals surface area contributed by atoms with Gasteiger partial charge in [-0.3, -0.25) is 4.90 Å². The van der Waals surface area contributed by atoms with Gasteiger partial charge in [-0.25, -0.2) is 0 Å². The largest absolute Gasteiger partial charge is 0.314 e. The summed E-state index contributed by atoms with van der Waals surface area (Å²) >= 11 is 1.82. The Balaban J connectivity index is 2.10. The molecule has 1 aromatic carbocycles. The fraction of sp³-hybridized carbons (Fsp3) is 0.647. The summed E-state index contributed by atoms with van der Waals surface area (Å²) in [5, 5.41) is 3.46. The summed E-state index contributed by atoms with van der Waals surface area (Å²) < 4.78 is 0. The van der Waals surface area contributed by atoms with Gasteiger partial charge in [0.2, 0.25) is 0 Å². The van der Waals surface area contributed by atoms with Crippen molar-refractivity contribution in [2.24, 2.45) is 5.92 Å². The van der Waals surface area contributed by atoms with Crippen molar-refractivity contribution >= 4 is 11.8 Å². The monoisotopic (exact) mass is 292 g/mol. The van der Waals surface area contributed by atoms with E-state index in [1.54, 1.807) is 0 Å². The first-order valence-corrected chi connectivity index (χ1v) is 9.02. The molecule has 20 heavy (non-hydrogen) atoms. The molecule has 3 heteroatoms. The van der Waals surface area contributed by atoms with Crippen molar-refractivity contribution < 1.29 is 0 Å². The molecule has 0 radical (unpaired) electrons. The van der Waals surface area contributed by atoms with Gasteiger partial charge in [0.1, 0.15) is 0 Å². The van der Waals surface area contributed by atoms with E-state index in [1.807, 2.05) is 11.8 Å². The van der Waals surface area contributed by atoms with Crippen LogP contribution >= 0.6 is 11.8 Å². The maximum Gasteiger partial charge on any atom is 0.0349 e. The van der Waals surface area contributed by atoms with Crippen LogP contribution in [0, 0.1) is 5.92 Å². The highest BCUT2D eigenvalue weighted by atomic mass is 32.2. The minimum absolute atomic E-state index is 0.593. The van der Waals surface area contributed by atoms with Crippen LogP contribution < -0.4 is 5.32 Å². The second-order valence-electron chi connectivity index (χ2n) is 6.05. The van der Waals surface area contributed by atoms with Crippen LogP contribution in [-0.4, -0.2) is 37.3 Å². The molecule has 0 aliphatic carbocycles. The molecule has 112 valence electrons. The molecule has 1 aromatic rings. The van der Waals surface area contributed by atoms with E-state index in [1.165, 1.54) is 36.4 Å². The molecule has 1 heterocycles. The van der Waals surface area contributed by atoms with E-state index in [2.05, 4.69) is 54.6 Å². The van der Waals surface area contributed by atoms with Crippen molar-refractivity contribution in [1.29, 1.82) is 0 Å². The summed E-state index contributed by atoms with van der Waals surface area (Å²) in [6.07, 6.45) is 4.72. The van der Waals surface area contributed by atoms with Crippen LogP contribution in [0.15, 0.2) is 29.2 Å². The fourth-order valence-electron chi connectivity index (χ4n) is 2.87. The van der Waals surface area contributed by atoms with Gasteiger partial charge in [0, 0.05) is 37.1 Å². The molecule has 1 saturated heterocycles. The normalized spacial score (nSPS) is 18.4. The zero-order valence-corrected chi connectivity index (χ0v) is 13.9. The second-order valence-corrected chi connectivity index (χ2v) is 6.93. The number of rotatable bonds is 6. The predicted molar refractivity (Wildman–Crippen MR) is 89.5 cm³/mol. The molecular weight excluding hydrogens is 264 g/mol. The molecule has 1 aliphatic rings. The molecule has 2 nitrogen and oxygen atoms in total. The summed E-state index contributed by atoms with van der Waals surface area (Å²) in [5.41, 5.74) is 1.49. The lowest BCUT2D eigenvalue weighted by molar-refractivity contribution is 0.160. The van der Waals surface area contributed by atoms with Gasteiger partial charge in [0.15, 0.2) is 0 Å². The Labute approximate surface area is 128 Å². The molecule has 0 bridgehead atoms. The molecule has 0 saturated carbocycles. The van der Waals surface area contributed by atoms with Gasteiger partial charge in [-0.2, -0.15) is 0 Å². The number of nitrogens with one attached hydrogen (secondary N) is 1. The van der Waals surface area contributed by atoms with E-state index in [9.17, 15) is 0 Å². The number of piperazine rings is 1. The number of benzene rings is 1. The highest BCUT2D eigenvalue weighted by molar-refractivity contribution is 7.98. The molecule has 1 fully saturated rings. The smallest absolute Gasteiger partial charge is 0.0349 e. The van der Waals surface area contributed by atoms with Gasteiger partial charge in [-0.05, 0) is 42.7 Å². The minimum Gasteiger partial charge on any atom is -0.314 e. The molecule has 2 rings (SSSR count). The predicted octanol–water partition coefficient (Wildman–Crippen LogP) is 3.79. The van der Waals surface area contributed by atoms with Gasteiger partial charge >= 0.3 is 0 Å². The summed E-state index contributed by atoms with van der Waals surface area (Å²) in [6, 6.07) is 9.79. The van der Waals surface area contributed by atoms with E-state index in [0.717, 1.165) is 19.0 Å². The van der Waals surface area contributed by atoms with Crippen LogP contribution in [0.25, 0.3) is 0 Å². The Morgan fingerprint density at radius 1 is 1.10 bits per heavy atom. The molecule has 0 spiro atoms. The average molecular weight is 292 g/mol.